The molecule has 0 saturated carbocycles. The van der Waals surface area contributed by atoms with Crippen molar-refractivity contribution in [1.82, 2.24) is 0 Å². The molecule has 0 aliphatic heterocycles. The van der Waals surface area contributed by atoms with E-state index in [4.69, 9.17) is 9.05 Å². The Morgan fingerprint density at radius 3 is 1.83 bits per heavy atom. The normalized spacial score (nSPS) is 12.4. The average Bonchev–Trinajstić information content (AvgIpc) is 2.27. The summed E-state index contributed by atoms with van der Waals surface area (Å²) < 4.78 is 23.8. The molecule has 0 aliphatic carbocycles. The van der Waals surface area contributed by atoms with Crippen molar-refractivity contribution >= 4 is 28.8 Å². The summed E-state index contributed by atoms with van der Waals surface area (Å²) in [7, 11) is -3.23. The standard InChI is InChI=1S/C13H20BrO3P/c1-10(2)16-18(15,17-11(3)4)13-7-5-12(9-14)6-8-13/h5-8,10-11H,9H2,1-4H3. The van der Waals surface area contributed by atoms with Gasteiger partial charge >= 0.3 is 7.60 Å². The van der Waals surface area contributed by atoms with Gasteiger partial charge in [0.05, 0.1) is 17.5 Å². The van der Waals surface area contributed by atoms with Crippen LogP contribution in [0.25, 0.3) is 0 Å². The summed E-state index contributed by atoms with van der Waals surface area (Å²) >= 11 is 3.38. The van der Waals surface area contributed by atoms with Crippen LogP contribution in [-0.2, 0) is 18.9 Å². The van der Waals surface area contributed by atoms with Gasteiger partial charge in [0.15, 0.2) is 0 Å². The maximum absolute atomic E-state index is 12.8. The Morgan fingerprint density at radius 2 is 1.50 bits per heavy atom. The lowest BCUT2D eigenvalue weighted by Crippen LogP contribution is -2.16. The second-order valence-corrected chi connectivity index (χ2v) is 7.10. The zero-order chi connectivity index (χ0) is 13.8. The molecule has 0 heterocycles. The van der Waals surface area contributed by atoms with Crippen LogP contribution >= 0.6 is 23.5 Å². The Labute approximate surface area is 118 Å². The number of hydrogen-bond acceptors (Lipinski definition) is 3. The first-order valence-corrected chi connectivity index (χ1v) is 8.66. The topological polar surface area (TPSA) is 35.5 Å². The van der Waals surface area contributed by atoms with Crippen LogP contribution in [0.3, 0.4) is 0 Å². The highest BCUT2D eigenvalue weighted by Crippen LogP contribution is 2.49. The van der Waals surface area contributed by atoms with E-state index in [1.54, 1.807) is 0 Å². The fourth-order valence-electron chi connectivity index (χ4n) is 1.47. The molecular formula is C13H20BrO3P. The fraction of sp³-hybridized carbons (Fsp3) is 0.538. The predicted octanol–water partition coefficient (Wildman–Crippen LogP) is 4.25. The van der Waals surface area contributed by atoms with Crippen molar-refractivity contribution in [3.05, 3.63) is 29.8 Å². The van der Waals surface area contributed by atoms with Crippen molar-refractivity contribution < 1.29 is 13.6 Å². The Bertz CT molecular complexity index is 401. The monoisotopic (exact) mass is 334 g/mol. The molecular weight excluding hydrogens is 315 g/mol. The van der Waals surface area contributed by atoms with E-state index in [1.165, 1.54) is 0 Å². The summed E-state index contributed by atoms with van der Waals surface area (Å²) in [5.74, 6) is 0. The van der Waals surface area contributed by atoms with Crippen LogP contribution < -0.4 is 5.30 Å². The largest absolute Gasteiger partial charge is 0.361 e. The number of alkyl halides is 1. The van der Waals surface area contributed by atoms with E-state index in [9.17, 15) is 4.57 Å². The highest BCUT2D eigenvalue weighted by atomic mass is 79.9. The van der Waals surface area contributed by atoms with Gasteiger partial charge in [-0.3, -0.25) is 4.57 Å². The van der Waals surface area contributed by atoms with Gasteiger partial charge in [-0.15, -0.1) is 0 Å². The lowest BCUT2D eigenvalue weighted by molar-refractivity contribution is 0.150. The second kappa shape index (κ2) is 6.85. The molecule has 18 heavy (non-hydrogen) atoms. The summed E-state index contributed by atoms with van der Waals surface area (Å²) in [5.41, 5.74) is 1.12. The summed E-state index contributed by atoms with van der Waals surface area (Å²) in [5, 5.41) is 1.38. The van der Waals surface area contributed by atoms with Gasteiger partial charge in [0, 0.05) is 5.33 Å². The zero-order valence-electron chi connectivity index (χ0n) is 11.2. The van der Waals surface area contributed by atoms with Crippen LogP contribution in [0, 0.1) is 0 Å². The molecule has 3 nitrogen and oxygen atoms in total. The summed E-state index contributed by atoms with van der Waals surface area (Å²) in [6.45, 7) is 7.40. The summed E-state index contributed by atoms with van der Waals surface area (Å²) in [6, 6.07) is 7.46. The van der Waals surface area contributed by atoms with E-state index in [0.29, 0.717) is 5.30 Å². The maximum atomic E-state index is 12.8. The quantitative estimate of drug-likeness (QED) is 0.576. The van der Waals surface area contributed by atoms with Crippen LogP contribution in [-0.4, -0.2) is 12.2 Å². The molecule has 1 aromatic carbocycles. The van der Waals surface area contributed by atoms with Gasteiger partial charge in [0.2, 0.25) is 0 Å². The molecule has 0 bridgehead atoms. The molecule has 0 aromatic heterocycles. The first-order valence-electron chi connectivity index (χ1n) is 5.99. The van der Waals surface area contributed by atoms with E-state index in [1.807, 2.05) is 52.0 Å². The molecule has 0 aliphatic rings. The average molecular weight is 335 g/mol. The molecule has 102 valence electrons. The van der Waals surface area contributed by atoms with Gasteiger partial charge < -0.3 is 9.05 Å². The molecule has 0 saturated heterocycles. The van der Waals surface area contributed by atoms with Crippen LogP contribution in [0.1, 0.15) is 33.3 Å². The third-order valence-electron chi connectivity index (χ3n) is 2.11. The first-order chi connectivity index (χ1) is 8.37. The molecule has 0 radical (unpaired) electrons. The highest BCUT2D eigenvalue weighted by Gasteiger charge is 2.30. The number of hydrogen-bond donors (Lipinski definition) is 0. The Morgan fingerprint density at radius 1 is 1.06 bits per heavy atom. The fourth-order valence-corrected chi connectivity index (χ4v) is 3.76. The molecule has 0 spiro atoms. The van der Waals surface area contributed by atoms with Gasteiger partial charge in [-0.2, -0.15) is 0 Å². The Hall–Kier alpha value is -0.150. The van der Waals surface area contributed by atoms with Gasteiger partial charge in [-0.1, -0.05) is 28.1 Å². The van der Waals surface area contributed by atoms with Crippen molar-refractivity contribution in [1.29, 1.82) is 0 Å². The molecule has 1 aromatic rings. The zero-order valence-corrected chi connectivity index (χ0v) is 13.7. The maximum Gasteiger partial charge on any atom is 0.361 e. The number of rotatable bonds is 6. The lowest BCUT2D eigenvalue weighted by atomic mass is 10.2. The minimum atomic E-state index is -3.23. The van der Waals surface area contributed by atoms with Crippen molar-refractivity contribution in [2.75, 3.05) is 0 Å². The Balaban J connectivity index is 3.04. The van der Waals surface area contributed by atoms with Crippen molar-refractivity contribution in [2.45, 2.75) is 45.2 Å². The molecule has 0 atom stereocenters. The van der Waals surface area contributed by atoms with E-state index in [0.717, 1.165) is 10.9 Å². The second-order valence-electron chi connectivity index (χ2n) is 4.61. The molecule has 0 N–H and O–H groups in total. The minimum Gasteiger partial charge on any atom is -0.302 e. The predicted molar refractivity (Wildman–Crippen MR) is 78.8 cm³/mol. The lowest BCUT2D eigenvalue weighted by Gasteiger charge is -2.23. The van der Waals surface area contributed by atoms with Crippen LogP contribution in [0.2, 0.25) is 0 Å². The molecule has 5 heteroatoms. The summed E-state index contributed by atoms with van der Waals surface area (Å²) in [6.07, 6.45) is -0.295. The van der Waals surface area contributed by atoms with E-state index in [-0.39, 0.29) is 12.2 Å². The van der Waals surface area contributed by atoms with Gasteiger partial charge in [0.1, 0.15) is 0 Å². The van der Waals surface area contributed by atoms with E-state index < -0.39 is 7.60 Å². The van der Waals surface area contributed by atoms with Crippen LogP contribution in [0.15, 0.2) is 24.3 Å². The molecule has 0 amide bonds. The summed E-state index contributed by atoms with van der Waals surface area (Å²) in [4.78, 5) is 0. The van der Waals surface area contributed by atoms with Crippen LogP contribution in [0.5, 0.6) is 0 Å². The smallest absolute Gasteiger partial charge is 0.302 e. The third-order valence-corrected chi connectivity index (χ3v) is 5.08. The van der Waals surface area contributed by atoms with Crippen LogP contribution in [0.4, 0.5) is 0 Å². The Kier molecular flexibility index (Phi) is 6.06. The van der Waals surface area contributed by atoms with Crippen molar-refractivity contribution in [3.8, 4) is 0 Å². The van der Waals surface area contributed by atoms with Gasteiger partial charge in [-0.05, 0) is 45.4 Å². The number of halogens is 1. The third kappa shape index (κ3) is 4.51. The minimum absolute atomic E-state index is 0.148. The van der Waals surface area contributed by atoms with E-state index >= 15 is 0 Å². The van der Waals surface area contributed by atoms with E-state index in [2.05, 4.69) is 15.9 Å². The molecule has 0 fully saturated rings. The molecule has 0 unspecified atom stereocenters. The van der Waals surface area contributed by atoms with Crippen molar-refractivity contribution in [2.24, 2.45) is 0 Å². The van der Waals surface area contributed by atoms with Gasteiger partial charge in [0.25, 0.3) is 0 Å². The highest BCUT2D eigenvalue weighted by molar-refractivity contribution is 9.08. The van der Waals surface area contributed by atoms with Crippen molar-refractivity contribution in [3.63, 3.8) is 0 Å². The molecule has 1 rings (SSSR count). The number of benzene rings is 1. The van der Waals surface area contributed by atoms with Gasteiger partial charge in [-0.25, -0.2) is 0 Å². The first kappa shape index (κ1) is 15.9. The SMILES string of the molecule is CC(C)OP(=O)(OC(C)C)c1ccc(CBr)cc1.